The van der Waals surface area contributed by atoms with E-state index in [2.05, 4.69) is 6.08 Å². The lowest BCUT2D eigenvalue weighted by molar-refractivity contribution is -0.120. The summed E-state index contributed by atoms with van der Waals surface area (Å²) in [4.78, 5) is 10.8. The van der Waals surface area contributed by atoms with Gasteiger partial charge in [0.2, 0.25) is 5.91 Å². The lowest BCUT2D eigenvalue weighted by atomic mass is 9.91. The van der Waals surface area contributed by atoms with E-state index in [4.69, 9.17) is 11.0 Å². The number of rotatable bonds is 3. The Labute approximate surface area is 78.2 Å². The molecule has 2 N–H and O–H groups in total. The lowest BCUT2D eigenvalue weighted by Gasteiger charge is -2.13. The highest BCUT2D eigenvalue weighted by Gasteiger charge is 2.16. The standard InChI is InChI=1S/C10H14N2O/c11-7-9(10(12)13)6-8-4-2-1-3-5-8/h4,9H,1-3,5-6H2,(H2,12,13). The highest BCUT2D eigenvalue weighted by atomic mass is 16.1. The summed E-state index contributed by atoms with van der Waals surface area (Å²) >= 11 is 0. The summed E-state index contributed by atoms with van der Waals surface area (Å²) in [5.41, 5.74) is 6.29. The molecule has 0 aromatic heterocycles. The first-order valence-electron chi connectivity index (χ1n) is 4.61. The molecule has 3 heteroatoms. The highest BCUT2D eigenvalue weighted by Crippen LogP contribution is 2.23. The van der Waals surface area contributed by atoms with Crippen LogP contribution in [0, 0.1) is 17.2 Å². The average molecular weight is 178 g/mol. The van der Waals surface area contributed by atoms with E-state index >= 15 is 0 Å². The maximum atomic E-state index is 10.8. The zero-order chi connectivity index (χ0) is 9.68. The first kappa shape index (κ1) is 9.79. The molecular formula is C10H14N2O. The van der Waals surface area contributed by atoms with Gasteiger partial charge in [-0.25, -0.2) is 0 Å². The van der Waals surface area contributed by atoms with Crippen LogP contribution in [-0.2, 0) is 4.79 Å². The van der Waals surface area contributed by atoms with Crippen LogP contribution >= 0.6 is 0 Å². The second kappa shape index (κ2) is 4.66. The molecule has 1 unspecified atom stereocenters. The third kappa shape index (κ3) is 2.90. The van der Waals surface area contributed by atoms with E-state index in [1.807, 2.05) is 6.07 Å². The lowest BCUT2D eigenvalue weighted by Crippen LogP contribution is -2.22. The maximum absolute atomic E-state index is 10.8. The molecule has 0 radical (unpaired) electrons. The number of primary amides is 1. The molecule has 1 atom stereocenters. The Morgan fingerprint density at radius 3 is 2.92 bits per heavy atom. The Morgan fingerprint density at radius 2 is 2.46 bits per heavy atom. The molecule has 0 fully saturated rings. The first-order chi connectivity index (χ1) is 6.24. The quantitative estimate of drug-likeness (QED) is 0.665. The molecule has 13 heavy (non-hydrogen) atoms. The molecule has 0 aliphatic heterocycles. The fourth-order valence-corrected chi connectivity index (χ4v) is 1.56. The molecule has 0 aromatic carbocycles. The summed E-state index contributed by atoms with van der Waals surface area (Å²) in [7, 11) is 0. The van der Waals surface area contributed by atoms with Crippen molar-refractivity contribution in [1.82, 2.24) is 0 Å². The van der Waals surface area contributed by atoms with E-state index < -0.39 is 11.8 Å². The van der Waals surface area contributed by atoms with Gasteiger partial charge in [-0.3, -0.25) is 4.79 Å². The van der Waals surface area contributed by atoms with Crippen LogP contribution in [0.4, 0.5) is 0 Å². The first-order valence-corrected chi connectivity index (χ1v) is 4.61. The van der Waals surface area contributed by atoms with E-state index in [9.17, 15) is 4.79 Å². The van der Waals surface area contributed by atoms with E-state index in [1.165, 1.54) is 18.4 Å². The number of nitrogens with two attached hydrogens (primary N) is 1. The van der Waals surface area contributed by atoms with Crippen molar-refractivity contribution in [2.24, 2.45) is 11.7 Å². The van der Waals surface area contributed by atoms with Gasteiger partial charge in [-0.2, -0.15) is 5.26 Å². The van der Waals surface area contributed by atoms with E-state index in [-0.39, 0.29) is 0 Å². The van der Waals surface area contributed by atoms with E-state index in [0.717, 1.165) is 12.8 Å². The van der Waals surface area contributed by atoms with Gasteiger partial charge in [-0.15, -0.1) is 0 Å². The van der Waals surface area contributed by atoms with Gasteiger partial charge in [0, 0.05) is 0 Å². The van der Waals surface area contributed by atoms with Gasteiger partial charge in [0.05, 0.1) is 6.07 Å². The third-order valence-electron chi connectivity index (χ3n) is 2.35. The highest BCUT2D eigenvalue weighted by molar-refractivity contribution is 5.79. The molecular weight excluding hydrogens is 164 g/mol. The van der Waals surface area contributed by atoms with Crippen LogP contribution in [0.1, 0.15) is 32.1 Å². The molecule has 0 saturated heterocycles. The molecule has 1 amide bonds. The number of hydrogen-bond acceptors (Lipinski definition) is 2. The SMILES string of the molecule is N#CC(CC1=CCCCC1)C(N)=O. The Balaban J connectivity index is 2.51. The number of nitriles is 1. The Bertz CT molecular complexity index is 263. The van der Waals surface area contributed by atoms with Crippen molar-refractivity contribution < 1.29 is 4.79 Å². The molecule has 3 nitrogen and oxygen atoms in total. The maximum Gasteiger partial charge on any atom is 0.235 e. The smallest absolute Gasteiger partial charge is 0.235 e. The molecule has 0 heterocycles. The van der Waals surface area contributed by atoms with Gasteiger partial charge in [-0.1, -0.05) is 11.6 Å². The fraction of sp³-hybridized carbons (Fsp3) is 0.600. The molecule has 0 bridgehead atoms. The van der Waals surface area contributed by atoms with Gasteiger partial charge in [0.1, 0.15) is 5.92 Å². The van der Waals surface area contributed by atoms with Gasteiger partial charge < -0.3 is 5.73 Å². The van der Waals surface area contributed by atoms with Gasteiger partial charge >= 0.3 is 0 Å². The zero-order valence-corrected chi connectivity index (χ0v) is 7.62. The second-order valence-corrected chi connectivity index (χ2v) is 3.40. The zero-order valence-electron chi connectivity index (χ0n) is 7.62. The normalized spacial score (nSPS) is 18.5. The minimum atomic E-state index is -0.635. The van der Waals surface area contributed by atoms with Crippen LogP contribution in [0.3, 0.4) is 0 Å². The van der Waals surface area contributed by atoms with Crippen molar-refractivity contribution in [3.8, 4) is 6.07 Å². The molecule has 1 rings (SSSR count). The summed E-state index contributed by atoms with van der Waals surface area (Å²) in [5.74, 6) is -1.14. The minimum absolute atomic E-state index is 0.506. The summed E-state index contributed by atoms with van der Waals surface area (Å²) in [6, 6.07) is 1.93. The average Bonchev–Trinajstić information content (AvgIpc) is 2.15. The van der Waals surface area contributed by atoms with Crippen LogP contribution in [0.25, 0.3) is 0 Å². The van der Waals surface area contributed by atoms with Crippen LogP contribution in [-0.4, -0.2) is 5.91 Å². The van der Waals surface area contributed by atoms with Gasteiger partial charge in [0.15, 0.2) is 0 Å². The minimum Gasteiger partial charge on any atom is -0.369 e. The van der Waals surface area contributed by atoms with Crippen molar-refractivity contribution in [2.75, 3.05) is 0 Å². The monoisotopic (exact) mass is 178 g/mol. The number of amides is 1. The molecule has 1 aliphatic carbocycles. The summed E-state index contributed by atoms with van der Waals surface area (Å²) < 4.78 is 0. The van der Waals surface area contributed by atoms with Crippen LogP contribution in [0.2, 0.25) is 0 Å². The van der Waals surface area contributed by atoms with Crippen LogP contribution < -0.4 is 5.73 Å². The molecule has 0 spiro atoms. The molecule has 70 valence electrons. The molecule has 1 aliphatic rings. The Hall–Kier alpha value is -1.30. The van der Waals surface area contributed by atoms with Crippen molar-refractivity contribution in [2.45, 2.75) is 32.1 Å². The number of nitrogens with zero attached hydrogens (tertiary/aromatic N) is 1. The molecule has 0 aromatic rings. The predicted molar refractivity (Wildman–Crippen MR) is 49.5 cm³/mol. The number of allylic oxidation sites excluding steroid dienone is 2. The van der Waals surface area contributed by atoms with Crippen molar-refractivity contribution in [3.63, 3.8) is 0 Å². The predicted octanol–water partition coefficient (Wildman–Crippen LogP) is 1.50. The van der Waals surface area contributed by atoms with Crippen LogP contribution in [0.5, 0.6) is 0 Å². The van der Waals surface area contributed by atoms with E-state index in [1.54, 1.807) is 0 Å². The van der Waals surface area contributed by atoms with Crippen molar-refractivity contribution >= 4 is 5.91 Å². The largest absolute Gasteiger partial charge is 0.369 e. The Kier molecular flexibility index (Phi) is 3.51. The Morgan fingerprint density at radius 1 is 1.69 bits per heavy atom. The number of hydrogen-bond donors (Lipinski definition) is 1. The number of carbonyl (C=O) groups excluding carboxylic acids is 1. The third-order valence-corrected chi connectivity index (χ3v) is 2.35. The number of carbonyl (C=O) groups is 1. The fourth-order valence-electron chi connectivity index (χ4n) is 1.56. The van der Waals surface area contributed by atoms with Crippen LogP contribution in [0.15, 0.2) is 11.6 Å². The van der Waals surface area contributed by atoms with Gasteiger partial charge in [0.25, 0.3) is 0 Å². The van der Waals surface area contributed by atoms with E-state index in [0.29, 0.717) is 6.42 Å². The molecule has 0 saturated carbocycles. The van der Waals surface area contributed by atoms with Gasteiger partial charge in [-0.05, 0) is 32.1 Å². The second-order valence-electron chi connectivity index (χ2n) is 3.40. The van der Waals surface area contributed by atoms with Crippen molar-refractivity contribution in [1.29, 1.82) is 5.26 Å². The summed E-state index contributed by atoms with van der Waals surface area (Å²) in [6.07, 6.45) is 7.15. The topological polar surface area (TPSA) is 66.9 Å². The summed E-state index contributed by atoms with van der Waals surface area (Å²) in [5, 5.41) is 8.65. The van der Waals surface area contributed by atoms with Crippen molar-refractivity contribution in [3.05, 3.63) is 11.6 Å². The summed E-state index contributed by atoms with van der Waals surface area (Å²) in [6.45, 7) is 0.